The molecule has 218 valence electrons. The second kappa shape index (κ2) is 11.2. The maximum absolute atomic E-state index is 6.10. The van der Waals surface area contributed by atoms with Crippen LogP contribution in [0.4, 0.5) is 0 Å². The Bertz CT molecular complexity index is 2330. The van der Waals surface area contributed by atoms with E-state index in [2.05, 4.69) is 146 Å². The number of benzene rings is 7. The molecule has 1 aromatic heterocycles. The van der Waals surface area contributed by atoms with Gasteiger partial charge in [-0.1, -0.05) is 109 Å². The molecule has 46 heavy (non-hydrogen) atoms. The van der Waals surface area contributed by atoms with E-state index in [1.807, 2.05) is 23.9 Å². The first kappa shape index (κ1) is 27.0. The predicted octanol–water partition coefficient (Wildman–Crippen LogP) is 12.7. The second-order valence-corrected chi connectivity index (χ2v) is 13.1. The zero-order valence-electron chi connectivity index (χ0n) is 25.2. The largest absolute Gasteiger partial charge is 0.456 e. The summed E-state index contributed by atoms with van der Waals surface area (Å²) >= 11 is 2.00. The molecule has 0 bridgehead atoms. The van der Waals surface area contributed by atoms with Gasteiger partial charge in [0.05, 0.1) is 0 Å². The maximum atomic E-state index is 6.10. The van der Waals surface area contributed by atoms with Crippen molar-refractivity contribution in [1.29, 1.82) is 0 Å². The quantitative estimate of drug-likeness (QED) is 0.198. The Labute approximate surface area is 273 Å². The molecule has 0 radical (unpaired) electrons. The van der Waals surface area contributed by atoms with Crippen LogP contribution in [0.2, 0.25) is 0 Å². The number of hydrogen-bond acceptors (Lipinski definition) is 2. The van der Waals surface area contributed by atoms with E-state index in [-0.39, 0.29) is 0 Å². The van der Waals surface area contributed by atoms with Gasteiger partial charge < -0.3 is 4.42 Å². The van der Waals surface area contributed by atoms with Crippen molar-refractivity contribution >= 4 is 33.7 Å². The highest BCUT2D eigenvalue weighted by molar-refractivity contribution is 7.97. The second-order valence-electron chi connectivity index (χ2n) is 12.1. The molecule has 0 atom stereocenters. The minimum absolute atomic E-state index is 0.934. The van der Waals surface area contributed by atoms with Gasteiger partial charge in [0.1, 0.15) is 11.2 Å². The van der Waals surface area contributed by atoms with Gasteiger partial charge in [0.2, 0.25) is 0 Å². The van der Waals surface area contributed by atoms with Crippen molar-refractivity contribution in [2.45, 2.75) is 11.5 Å². The van der Waals surface area contributed by atoms with E-state index in [9.17, 15) is 0 Å². The van der Waals surface area contributed by atoms with Gasteiger partial charge in [-0.15, -0.1) is 0 Å². The van der Waals surface area contributed by atoms with Crippen LogP contribution in [0, 0.1) is 0 Å². The fourth-order valence-corrected chi connectivity index (χ4v) is 7.89. The molecule has 0 N–H and O–H groups in total. The molecule has 1 aliphatic rings. The Morgan fingerprint density at radius 1 is 0.348 bits per heavy atom. The van der Waals surface area contributed by atoms with E-state index in [0.29, 0.717) is 0 Å². The number of hydrogen-bond donors (Lipinski definition) is 0. The molecule has 0 aliphatic carbocycles. The van der Waals surface area contributed by atoms with Gasteiger partial charge in [-0.3, -0.25) is 0 Å². The smallest absolute Gasteiger partial charge is 0.135 e. The van der Waals surface area contributed by atoms with Gasteiger partial charge >= 0.3 is 0 Å². The number of fused-ring (bicyclic) bond motifs is 6. The van der Waals surface area contributed by atoms with Gasteiger partial charge in [0.25, 0.3) is 0 Å². The van der Waals surface area contributed by atoms with Crippen molar-refractivity contribution in [2.24, 2.45) is 0 Å². The zero-order chi connectivity index (χ0) is 30.5. The third kappa shape index (κ3) is 4.83. The molecule has 9 rings (SSSR count). The van der Waals surface area contributed by atoms with Gasteiger partial charge in [0, 0.05) is 22.3 Å². The molecular weight excluding hydrogens is 577 g/mol. The summed E-state index contributed by atoms with van der Waals surface area (Å²) in [5.41, 5.74) is 17.2. The summed E-state index contributed by atoms with van der Waals surface area (Å²) in [7, 11) is 0. The molecule has 0 saturated heterocycles. The van der Waals surface area contributed by atoms with Crippen molar-refractivity contribution in [2.75, 3.05) is 0 Å². The normalized spacial score (nSPS) is 12.5. The van der Waals surface area contributed by atoms with Crippen LogP contribution in [0.3, 0.4) is 0 Å². The highest BCUT2D eigenvalue weighted by atomic mass is 32.2. The lowest BCUT2D eigenvalue weighted by Crippen LogP contribution is -1.92. The molecule has 0 amide bonds. The topological polar surface area (TPSA) is 13.1 Å². The molecule has 8 aromatic rings. The third-order valence-electron chi connectivity index (χ3n) is 9.21. The minimum Gasteiger partial charge on any atom is -0.456 e. The highest BCUT2D eigenvalue weighted by Gasteiger charge is 2.18. The number of rotatable bonds is 4. The fourth-order valence-electron chi connectivity index (χ4n) is 6.85. The Kier molecular flexibility index (Phi) is 6.61. The fraction of sp³-hybridized carbons (Fsp3) is 0.0455. The molecule has 0 unspecified atom stereocenters. The molecule has 0 fully saturated rings. The van der Waals surface area contributed by atoms with E-state index < -0.39 is 0 Å². The van der Waals surface area contributed by atoms with E-state index in [4.69, 9.17) is 4.42 Å². The minimum atomic E-state index is 0.934. The van der Waals surface area contributed by atoms with Crippen LogP contribution in [0.15, 0.2) is 162 Å². The molecule has 2 heteroatoms. The Balaban J connectivity index is 1.14. The predicted molar refractivity (Wildman–Crippen MR) is 196 cm³/mol. The summed E-state index contributed by atoms with van der Waals surface area (Å²) in [6.07, 6.45) is 0. The van der Waals surface area contributed by atoms with Crippen LogP contribution in [0.1, 0.15) is 11.1 Å². The molecule has 0 spiro atoms. The summed E-state index contributed by atoms with van der Waals surface area (Å²) in [5, 5.41) is 2.33. The van der Waals surface area contributed by atoms with E-state index in [1.54, 1.807) is 0 Å². The van der Waals surface area contributed by atoms with Crippen LogP contribution in [-0.4, -0.2) is 0 Å². The molecule has 0 saturated carbocycles. The lowest BCUT2D eigenvalue weighted by molar-refractivity contribution is 0.669. The standard InChI is InChI=1S/C44H30OS/c1-3-9-29(10-4-1)35-22-36(30-11-5-2-6-12-30)24-37(23-35)33-15-16-34-27-46-28-38-21-31(17-19-39(38)41(34)25-33)32-18-20-44-42(26-32)40-13-7-8-14-43(40)45-44/h1-26H,27-28H2. The van der Waals surface area contributed by atoms with Gasteiger partial charge in [-0.2, -0.15) is 11.8 Å². The lowest BCUT2D eigenvalue weighted by Gasteiger charge is -2.15. The average molecular weight is 607 g/mol. The SMILES string of the molecule is c1ccc(-c2cc(-c3ccccc3)cc(-c3ccc4c(c3)-c3ccc(-c5ccc6oc7ccccc7c6c5)cc3CSC4)c2)cc1. The van der Waals surface area contributed by atoms with Crippen molar-refractivity contribution in [3.63, 3.8) is 0 Å². The Morgan fingerprint density at radius 3 is 1.67 bits per heavy atom. The zero-order valence-corrected chi connectivity index (χ0v) is 26.1. The third-order valence-corrected chi connectivity index (χ3v) is 10.2. The first-order chi connectivity index (χ1) is 22.8. The lowest BCUT2D eigenvalue weighted by atomic mass is 9.89. The van der Waals surface area contributed by atoms with Crippen molar-refractivity contribution in [3.05, 3.63) is 169 Å². The van der Waals surface area contributed by atoms with Crippen molar-refractivity contribution < 1.29 is 4.42 Å². The van der Waals surface area contributed by atoms with Crippen LogP contribution < -0.4 is 0 Å². The van der Waals surface area contributed by atoms with Crippen LogP contribution in [-0.2, 0) is 11.5 Å². The van der Waals surface area contributed by atoms with Gasteiger partial charge in [0.15, 0.2) is 0 Å². The summed E-state index contributed by atoms with van der Waals surface area (Å²) in [6.45, 7) is 0. The highest BCUT2D eigenvalue weighted by Crippen LogP contribution is 2.42. The molecule has 7 aromatic carbocycles. The number of thioether (sulfide) groups is 1. The van der Waals surface area contributed by atoms with Crippen molar-refractivity contribution in [3.8, 4) is 55.6 Å². The maximum Gasteiger partial charge on any atom is 0.135 e. The summed E-state index contributed by atoms with van der Waals surface area (Å²) < 4.78 is 6.10. The number of para-hydroxylation sites is 1. The number of furan rings is 1. The van der Waals surface area contributed by atoms with E-state index in [0.717, 1.165) is 28.1 Å². The first-order valence-corrected chi connectivity index (χ1v) is 16.9. The Morgan fingerprint density at radius 2 is 0.913 bits per heavy atom. The molecule has 1 nitrogen and oxygen atoms in total. The Hall–Kier alpha value is -5.31. The summed E-state index contributed by atoms with van der Waals surface area (Å²) in [5.74, 6) is 2.00. The first-order valence-electron chi connectivity index (χ1n) is 15.8. The molecular formula is C44H30OS. The van der Waals surface area contributed by atoms with Crippen molar-refractivity contribution in [1.82, 2.24) is 0 Å². The molecule has 2 heterocycles. The summed E-state index contributed by atoms with van der Waals surface area (Å²) in [6, 6.07) is 57.4. The summed E-state index contributed by atoms with van der Waals surface area (Å²) in [4.78, 5) is 0. The van der Waals surface area contributed by atoms with E-state index >= 15 is 0 Å². The van der Waals surface area contributed by atoms with Crippen LogP contribution >= 0.6 is 11.8 Å². The monoisotopic (exact) mass is 606 g/mol. The van der Waals surface area contributed by atoms with Crippen LogP contribution in [0.5, 0.6) is 0 Å². The van der Waals surface area contributed by atoms with Crippen LogP contribution in [0.25, 0.3) is 77.6 Å². The van der Waals surface area contributed by atoms with E-state index in [1.165, 1.54) is 72.1 Å². The average Bonchev–Trinajstić information content (AvgIpc) is 3.40. The van der Waals surface area contributed by atoms with Gasteiger partial charge in [-0.05, 0) is 115 Å². The van der Waals surface area contributed by atoms with Gasteiger partial charge in [-0.25, -0.2) is 0 Å². The molecule has 1 aliphatic heterocycles.